The Kier molecular flexibility index (Phi) is 11.7. The van der Waals surface area contributed by atoms with Crippen LogP contribution in [0.1, 0.15) is 96.1 Å². The van der Waals surface area contributed by atoms with Crippen molar-refractivity contribution in [3.8, 4) is 28.3 Å². The van der Waals surface area contributed by atoms with Crippen LogP contribution in [0.3, 0.4) is 0 Å². The largest absolute Gasteiger partial charge is 0.384 e. The SMILES string of the molecule is Nc1ncccc1-c1nc2ccc(-c3cccc(CCNC(=O)CCCCCCNc4cccc5c4C(=O)N(C4CCC(=O)NC4=O)C5=O)c3)nc2n1-c1ccc(C2(N)CCC2)cc1. The summed E-state index contributed by atoms with van der Waals surface area (Å²) in [7, 11) is 0. The molecule has 3 aromatic carbocycles. The lowest BCUT2D eigenvalue weighted by Gasteiger charge is -2.38. The molecule has 3 aromatic heterocycles. The number of unbranched alkanes of at least 4 members (excludes halogenated alkanes) is 3. The molecule has 1 saturated heterocycles. The highest BCUT2D eigenvalue weighted by atomic mass is 16.2. The average molecular weight is 859 g/mol. The number of piperidine rings is 1. The van der Waals surface area contributed by atoms with Gasteiger partial charge in [-0.2, -0.15) is 0 Å². The van der Waals surface area contributed by atoms with Crippen LogP contribution < -0.4 is 27.4 Å². The molecule has 1 atom stereocenters. The summed E-state index contributed by atoms with van der Waals surface area (Å²) >= 11 is 0. The quantitative estimate of drug-likeness (QED) is 0.0546. The molecule has 2 fully saturated rings. The van der Waals surface area contributed by atoms with Crippen LogP contribution in [0, 0.1) is 0 Å². The fourth-order valence-corrected chi connectivity index (χ4v) is 8.91. The lowest BCUT2D eigenvalue weighted by molar-refractivity contribution is -0.136. The van der Waals surface area contributed by atoms with Crippen molar-refractivity contribution in [2.75, 3.05) is 24.1 Å². The number of nitrogens with one attached hydrogen (secondary N) is 3. The smallest absolute Gasteiger partial charge is 0.264 e. The summed E-state index contributed by atoms with van der Waals surface area (Å²) in [5.41, 5.74) is 20.7. The predicted molar refractivity (Wildman–Crippen MR) is 243 cm³/mol. The average Bonchev–Trinajstić information content (AvgIpc) is 3.79. The van der Waals surface area contributed by atoms with E-state index in [0.29, 0.717) is 54.5 Å². The minimum atomic E-state index is -1.01. The fourth-order valence-electron chi connectivity index (χ4n) is 8.91. The number of imide groups is 2. The third kappa shape index (κ3) is 8.33. The highest BCUT2D eigenvalue weighted by Crippen LogP contribution is 2.40. The zero-order chi connectivity index (χ0) is 44.4. The first kappa shape index (κ1) is 42.1. The number of pyridine rings is 2. The van der Waals surface area contributed by atoms with E-state index in [1.165, 1.54) is 0 Å². The molecule has 5 amide bonds. The lowest BCUT2D eigenvalue weighted by Crippen LogP contribution is -2.54. The molecule has 1 saturated carbocycles. The van der Waals surface area contributed by atoms with E-state index in [1.807, 2.05) is 41.0 Å². The molecular weight excluding hydrogens is 809 g/mol. The maximum Gasteiger partial charge on any atom is 0.264 e. The number of anilines is 2. The zero-order valence-corrected chi connectivity index (χ0v) is 35.4. The molecule has 0 bridgehead atoms. The number of fused-ring (bicyclic) bond motifs is 2. The van der Waals surface area contributed by atoms with Gasteiger partial charge in [0.25, 0.3) is 11.8 Å². The van der Waals surface area contributed by atoms with E-state index in [1.54, 1.807) is 24.4 Å². The summed E-state index contributed by atoms with van der Waals surface area (Å²) in [6.07, 6.45) is 9.29. The number of nitrogens with two attached hydrogens (primary N) is 2. The second-order valence-corrected chi connectivity index (χ2v) is 16.9. The second-order valence-electron chi connectivity index (χ2n) is 16.9. The van der Waals surface area contributed by atoms with Crippen molar-refractivity contribution in [2.24, 2.45) is 5.73 Å². The highest BCUT2D eigenvalue weighted by molar-refractivity contribution is 6.25. The van der Waals surface area contributed by atoms with Gasteiger partial charge in [0.2, 0.25) is 17.7 Å². The van der Waals surface area contributed by atoms with E-state index in [0.717, 1.165) is 83.4 Å². The molecule has 5 heterocycles. The number of carbonyl (C=O) groups excluding carboxylic acids is 5. The monoisotopic (exact) mass is 858 g/mol. The number of carbonyl (C=O) groups is 5. The maximum atomic E-state index is 13.3. The van der Waals surface area contributed by atoms with E-state index >= 15 is 0 Å². The summed E-state index contributed by atoms with van der Waals surface area (Å²) in [6, 6.07) is 28.3. The maximum absolute atomic E-state index is 13.3. The van der Waals surface area contributed by atoms with Crippen LogP contribution in [-0.4, -0.2) is 73.1 Å². The summed E-state index contributed by atoms with van der Waals surface area (Å²) in [4.78, 5) is 78.7. The topological polar surface area (TPSA) is 220 Å². The van der Waals surface area contributed by atoms with Crippen molar-refractivity contribution in [1.29, 1.82) is 0 Å². The fraction of sp³-hybridized carbons (Fsp3) is 0.306. The Morgan fingerprint density at radius 1 is 0.844 bits per heavy atom. The summed E-state index contributed by atoms with van der Waals surface area (Å²) in [5.74, 6) is -1.08. The number of benzene rings is 3. The standard InChI is InChI=1S/C49H50N10O5/c50-43-35(12-7-27-54-43)44-56-38-20-19-36(55-45(38)58(44)33-17-15-32(16-18-33)49(51)24-8-25-49)31-10-5-9-30(29-31)23-28-53-40(60)14-3-1-2-4-26-52-37-13-6-11-34-42(37)48(64)59(47(34)63)39-21-22-41(61)57-46(39)62/h5-7,9-13,15-20,27,29,39,52H,1-4,8,14,21-26,28,51H2,(H2,50,54)(H,53,60)(H,57,61,62). The summed E-state index contributed by atoms with van der Waals surface area (Å²) < 4.78 is 2.03. The Morgan fingerprint density at radius 2 is 1.64 bits per heavy atom. The second kappa shape index (κ2) is 17.8. The molecule has 6 aromatic rings. The molecular formula is C49H50N10O5. The van der Waals surface area contributed by atoms with Crippen molar-refractivity contribution >= 4 is 52.2 Å². The van der Waals surface area contributed by atoms with E-state index in [9.17, 15) is 24.0 Å². The molecule has 2 aliphatic heterocycles. The number of rotatable bonds is 16. The normalized spacial score (nSPS) is 16.7. The molecule has 326 valence electrons. The van der Waals surface area contributed by atoms with Gasteiger partial charge in [-0.25, -0.2) is 15.0 Å². The summed E-state index contributed by atoms with van der Waals surface area (Å²) in [6.45, 7) is 1.07. The van der Waals surface area contributed by atoms with Crippen molar-refractivity contribution in [2.45, 2.75) is 82.2 Å². The van der Waals surface area contributed by atoms with Gasteiger partial charge in [0.15, 0.2) is 11.5 Å². The molecule has 0 spiro atoms. The molecule has 15 heteroatoms. The van der Waals surface area contributed by atoms with Crippen LogP contribution in [0.2, 0.25) is 0 Å². The van der Waals surface area contributed by atoms with Gasteiger partial charge in [0.05, 0.1) is 22.4 Å². The van der Waals surface area contributed by atoms with E-state index in [-0.39, 0.29) is 35.4 Å². The first-order chi connectivity index (χ1) is 31.1. The Bertz CT molecular complexity index is 2800. The van der Waals surface area contributed by atoms with Crippen molar-refractivity contribution < 1.29 is 24.0 Å². The Morgan fingerprint density at radius 3 is 2.42 bits per heavy atom. The van der Waals surface area contributed by atoms with Crippen LogP contribution in [-0.2, 0) is 26.3 Å². The van der Waals surface area contributed by atoms with Gasteiger partial charge in [-0.05, 0) is 111 Å². The van der Waals surface area contributed by atoms with Gasteiger partial charge in [0.1, 0.15) is 17.4 Å². The van der Waals surface area contributed by atoms with Crippen LogP contribution in [0.4, 0.5) is 11.5 Å². The third-order valence-corrected chi connectivity index (χ3v) is 12.6. The number of nitrogen functional groups attached to an aromatic ring is 1. The van der Waals surface area contributed by atoms with Crippen LogP contribution in [0.5, 0.6) is 0 Å². The molecule has 9 rings (SSSR count). The number of aromatic nitrogens is 4. The molecule has 15 nitrogen and oxygen atoms in total. The summed E-state index contributed by atoms with van der Waals surface area (Å²) in [5, 5.41) is 8.57. The van der Waals surface area contributed by atoms with Crippen LogP contribution in [0.15, 0.2) is 97.2 Å². The number of hydrogen-bond acceptors (Lipinski definition) is 11. The van der Waals surface area contributed by atoms with Crippen LogP contribution >= 0.6 is 0 Å². The lowest BCUT2D eigenvalue weighted by atomic mass is 9.73. The van der Waals surface area contributed by atoms with Gasteiger partial charge in [-0.15, -0.1) is 0 Å². The van der Waals surface area contributed by atoms with E-state index < -0.39 is 29.7 Å². The Hall–Kier alpha value is -7.26. The number of imidazole rings is 1. The predicted octanol–water partition coefficient (Wildman–Crippen LogP) is 6.19. The van der Waals surface area contributed by atoms with E-state index in [2.05, 4.69) is 57.3 Å². The zero-order valence-electron chi connectivity index (χ0n) is 35.4. The van der Waals surface area contributed by atoms with Crippen molar-refractivity contribution in [1.82, 2.24) is 35.1 Å². The van der Waals surface area contributed by atoms with Gasteiger partial charge in [0, 0.05) is 54.6 Å². The minimum Gasteiger partial charge on any atom is -0.384 e. The highest BCUT2D eigenvalue weighted by Gasteiger charge is 2.45. The Balaban J connectivity index is 0.765. The minimum absolute atomic E-state index is 0.00524. The van der Waals surface area contributed by atoms with Crippen molar-refractivity contribution in [3.63, 3.8) is 0 Å². The first-order valence-electron chi connectivity index (χ1n) is 22.0. The number of hydrogen-bond donors (Lipinski definition) is 5. The molecule has 7 N–H and O–H groups in total. The van der Waals surface area contributed by atoms with Gasteiger partial charge >= 0.3 is 0 Å². The molecule has 64 heavy (non-hydrogen) atoms. The molecule has 1 aliphatic carbocycles. The van der Waals surface area contributed by atoms with E-state index in [4.69, 9.17) is 21.4 Å². The van der Waals surface area contributed by atoms with Gasteiger partial charge < -0.3 is 22.1 Å². The molecule has 0 radical (unpaired) electrons. The van der Waals surface area contributed by atoms with Gasteiger partial charge in [-0.3, -0.25) is 38.8 Å². The Labute approximate surface area is 370 Å². The number of amides is 5. The van der Waals surface area contributed by atoms with Gasteiger partial charge in [-0.1, -0.05) is 49.2 Å². The molecule has 1 unspecified atom stereocenters. The van der Waals surface area contributed by atoms with Crippen LogP contribution in [0.25, 0.3) is 39.5 Å². The third-order valence-electron chi connectivity index (χ3n) is 12.6. The number of nitrogens with zero attached hydrogens (tertiary/aromatic N) is 5. The van der Waals surface area contributed by atoms with Crippen molar-refractivity contribution in [3.05, 3.63) is 119 Å². The first-order valence-corrected chi connectivity index (χ1v) is 22.0. The molecule has 3 aliphatic rings.